The third kappa shape index (κ3) is 3.29. The Kier molecular flexibility index (Phi) is 5.19. The first-order valence-corrected chi connectivity index (χ1v) is 7.01. The molecule has 2 aromatic rings. The Hall–Kier alpha value is -2.31. The average molecular weight is 333 g/mol. The molecule has 0 radical (unpaired) electrons. The van der Waals surface area contributed by atoms with Gasteiger partial charge in [-0.3, -0.25) is 4.68 Å². The van der Waals surface area contributed by atoms with Crippen LogP contribution in [0.3, 0.4) is 0 Å². The molecule has 0 saturated heterocycles. The lowest BCUT2D eigenvalue weighted by molar-refractivity contribution is 0.269. The lowest BCUT2D eigenvalue weighted by atomic mass is 10.1. The largest absolute Gasteiger partial charge is 0.394 e. The molecule has 0 unspecified atom stereocenters. The van der Waals surface area contributed by atoms with Crippen molar-refractivity contribution in [2.45, 2.75) is 6.54 Å². The van der Waals surface area contributed by atoms with E-state index in [-0.39, 0.29) is 30.0 Å². The van der Waals surface area contributed by atoms with Crippen molar-refractivity contribution >= 4 is 34.9 Å². The molecule has 1 heterocycles. The number of nitrogens with zero attached hydrogens (tertiary/aromatic N) is 4. The number of hydrogen-bond acceptors (Lipinski definition) is 4. The normalized spacial score (nSPS) is 11.0. The molecule has 22 heavy (non-hydrogen) atoms. The van der Waals surface area contributed by atoms with E-state index < -0.39 is 0 Å². The van der Waals surface area contributed by atoms with Crippen molar-refractivity contribution in [1.82, 2.24) is 9.78 Å². The predicted molar refractivity (Wildman–Crippen MR) is 84.0 cm³/mol. The molecule has 0 amide bonds. The smallest absolute Gasteiger partial charge is 0.121 e. The SMILES string of the molecule is N#C/C(=C\c1c(Cl)cccc1Cl)c1nn(CCO)cc1C#N. The summed E-state index contributed by atoms with van der Waals surface area (Å²) in [7, 11) is 0. The van der Waals surface area contributed by atoms with Gasteiger partial charge in [-0.25, -0.2) is 0 Å². The van der Waals surface area contributed by atoms with Gasteiger partial charge in [-0.1, -0.05) is 29.3 Å². The molecule has 0 atom stereocenters. The summed E-state index contributed by atoms with van der Waals surface area (Å²) in [6.45, 7) is 0.119. The van der Waals surface area contributed by atoms with Gasteiger partial charge in [0.25, 0.3) is 0 Å². The molecule has 110 valence electrons. The molecule has 0 fully saturated rings. The summed E-state index contributed by atoms with van der Waals surface area (Å²) in [5.74, 6) is 0. The van der Waals surface area contributed by atoms with Gasteiger partial charge in [-0.15, -0.1) is 0 Å². The Morgan fingerprint density at radius 3 is 2.55 bits per heavy atom. The van der Waals surface area contributed by atoms with Crippen LogP contribution in [0.15, 0.2) is 24.4 Å². The Bertz CT molecular complexity index is 792. The first-order valence-electron chi connectivity index (χ1n) is 6.25. The van der Waals surface area contributed by atoms with Crippen molar-refractivity contribution in [2.24, 2.45) is 0 Å². The van der Waals surface area contributed by atoms with Crippen molar-refractivity contribution in [3.8, 4) is 12.1 Å². The first kappa shape index (κ1) is 16.1. The van der Waals surface area contributed by atoms with Gasteiger partial charge in [0, 0.05) is 21.8 Å². The van der Waals surface area contributed by atoms with E-state index in [1.54, 1.807) is 18.2 Å². The van der Waals surface area contributed by atoms with E-state index in [2.05, 4.69) is 5.10 Å². The average Bonchev–Trinajstić information content (AvgIpc) is 2.90. The Labute approximate surface area is 137 Å². The molecule has 0 aliphatic rings. The molecule has 7 heteroatoms. The highest BCUT2D eigenvalue weighted by atomic mass is 35.5. The third-order valence-electron chi connectivity index (χ3n) is 2.88. The summed E-state index contributed by atoms with van der Waals surface area (Å²) in [6, 6.07) is 9.00. The second-order valence-electron chi connectivity index (χ2n) is 4.30. The van der Waals surface area contributed by atoms with Crippen molar-refractivity contribution < 1.29 is 5.11 Å². The number of hydrogen-bond donors (Lipinski definition) is 1. The molecule has 0 aliphatic carbocycles. The maximum absolute atomic E-state index is 9.37. The van der Waals surface area contributed by atoms with E-state index in [0.29, 0.717) is 15.6 Å². The van der Waals surface area contributed by atoms with Crippen LogP contribution in [-0.2, 0) is 6.54 Å². The topological polar surface area (TPSA) is 85.6 Å². The molecule has 0 aliphatic heterocycles. The fraction of sp³-hybridized carbons (Fsp3) is 0.133. The second kappa shape index (κ2) is 7.11. The summed E-state index contributed by atoms with van der Waals surface area (Å²) >= 11 is 12.2. The summed E-state index contributed by atoms with van der Waals surface area (Å²) < 4.78 is 1.41. The molecular weight excluding hydrogens is 323 g/mol. The highest BCUT2D eigenvalue weighted by Crippen LogP contribution is 2.29. The van der Waals surface area contributed by atoms with Gasteiger partial charge < -0.3 is 5.11 Å². The molecular formula is C15H10Cl2N4O. The summed E-state index contributed by atoms with van der Waals surface area (Å²) in [6.07, 6.45) is 2.97. The molecule has 0 spiro atoms. The summed E-state index contributed by atoms with van der Waals surface area (Å²) in [5.41, 5.74) is 1.13. The second-order valence-corrected chi connectivity index (χ2v) is 5.11. The minimum Gasteiger partial charge on any atom is -0.394 e. The predicted octanol–water partition coefficient (Wildman–Crippen LogP) is 3.12. The fourth-order valence-corrected chi connectivity index (χ4v) is 2.37. The lowest BCUT2D eigenvalue weighted by Crippen LogP contribution is -2.02. The maximum Gasteiger partial charge on any atom is 0.121 e. The minimum atomic E-state index is -0.117. The molecule has 2 rings (SSSR count). The zero-order chi connectivity index (χ0) is 16.1. The number of rotatable bonds is 4. The van der Waals surface area contributed by atoms with Crippen LogP contribution in [0, 0.1) is 22.7 Å². The van der Waals surface area contributed by atoms with Crippen LogP contribution in [0.25, 0.3) is 11.6 Å². The van der Waals surface area contributed by atoms with Crippen molar-refractivity contribution in [2.75, 3.05) is 6.61 Å². The number of nitriles is 2. The molecule has 0 bridgehead atoms. The number of allylic oxidation sites excluding steroid dienone is 1. The minimum absolute atomic E-state index is 0.117. The molecule has 0 saturated carbocycles. The van der Waals surface area contributed by atoms with Crippen LogP contribution in [0.4, 0.5) is 0 Å². The Balaban J connectivity index is 2.56. The van der Waals surface area contributed by atoms with Gasteiger partial charge in [0.2, 0.25) is 0 Å². The zero-order valence-corrected chi connectivity index (χ0v) is 12.8. The van der Waals surface area contributed by atoms with E-state index in [1.165, 1.54) is 17.0 Å². The van der Waals surface area contributed by atoms with Crippen molar-refractivity contribution in [1.29, 1.82) is 10.5 Å². The van der Waals surface area contributed by atoms with Crippen molar-refractivity contribution in [3.05, 3.63) is 51.3 Å². The molecule has 1 N–H and O–H groups in total. The van der Waals surface area contributed by atoms with Gasteiger partial charge >= 0.3 is 0 Å². The summed E-state index contributed by atoms with van der Waals surface area (Å²) in [5, 5.41) is 32.4. The highest BCUT2D eigenvalue weighted by molar-refractivity contribution is 6.37. The fourth-order valence-electron chi connectivity index (χ4n) is 1.87. The van der Waals surface area contributed by atoms with E-state index in [9.17, 15) is 5.26 Å². The van der Waals surface area contributed by atoms with Crippen LogP contribution in [0.5, 0.6) is 0 Å². The van der Waals surface area contributed by atoms with Gasteiger partial charge in [0.1, 0.15) is 17.8 Å². The van der Waals surface area contributed by atoms with Gasteiger partial charge in [0.05, 0.1) is 24.3 Å². The molecule has 1 aromatic heterocycles. The number of benzene rings is 1. The van der Waals surface area contributed by atoms with Gasteiger partial charge in [-0.2, -0.15) is 15.6 Å². The highest BCUT2D eigenvalue weighted by Gasteiger charge is 2.15. The Morgan fingerprint density at radius 1 is 1.32 bits per heavy atom. The van der Waals surface area contributed by atoms with Crippen LogP contribution in [0.1, 0.15) is 16.8 Å². The number of aliphatic hydroxyl groups is 1. The molecule has 1 aromatic carbocycles. The van der Waals surface area contributed by atoms with Crippen LogP contribution in [0.2, 0.25) is 10.0 Å². The lowest BCUT2D eigenvalue weighted by Gasteiger charge is -2.02. The van der Waals surface area contributed by atoms with E-state index in [1.807, 2.05) is 12.1 Å². The van der Waals surface area contributed by atoms with E-state index in [4.69, 9.17) is 33.6 Å². The van der Waals surface area contributed by atoms with Crippen LogP contribution in [-0.4, -0.2) is 21.5 Å². The van der Waals surface area contributed by atoms with Crippen LogP contribution < -0.4 is 0 Å². The van der Waals surface area contributed by atoms with Crippen molar-refractivity contribution in [3.63, 3.8) is 0 Å². The van der Waals surface area contributed by atoms with Gasteiger partial charge in [0.15, 0.2) is 0 Å². The maximum atomic E-state index is 9.37. The number of halogens is 2. The number of aliphatic hydroxyl groups excluding tert-OH is 1. The third-order valence-corrected chi connectivity index (χ3v) is 3.53. The monoisotopic (exact) mass is 332 g/mol. The summed E-state index contributed by atoms with van der Waals surface area (Å²) in [4.78, 5) is 0. The van der Waals surface area contributed by atoms with E-state index in [0.717, 1.165) is 0 Å². The first-order chi connectivity index (χ1) is 10.6. The Morgan fingerprint density at radius 2 is 2.00 bits per heavy atom. The van der Waals surface area contributed by atoms with Gasteiger partial charge in [-0.05, 0) is 18.2 Å². The molecule has 5 nitrogen and oxygen atoms in total. The quantitative estimate of drug-likeness (QED) is 0.871. The van der Waals surface area contributed by atoms with E-state index >= 15 is 0 Å². The number of aromatic nitrogens is 2. The zero-order valence-electron chi connectivity index (χ0n) is 11.3. The van der Waals surface area contributed by atoms with Crippen LogP contribution >= 0.6 is 23.2 Å². The standard InChI is InChI=1S/C15H10Cl2N4O/c16-13-2-1-3-14(17)12(13)6-10(7-18)15-11(8-19)9-21(20-15)4-5-22/h1-3,6,9,22H,4-5H2/b10-6+.